The average molecular weight is 343 g/mol. The highest BCUT2D eigenvalue weighted by atomic mass is 79.9. The maximum Gasteiger partial charge on any atom is 0.126 e. The van der Waals surface area contributed by atoms with Crippen LogP contribution in [0, 0.1) is 5.82 Å². The molecular weight excluding hydrogens is 329 g/mol. The number of hydrogen-bond donors (Lipinski definition) is 1. The molecule has 0 aromatic heterocycles. The van der Waals surface area contributed by atoms with Gasteiger partial charge in [-0.1, -0.05) is 39.7 Å². The van der Waals surface area contributed by atoms with Crippen LogP contribution in [0.25, 0.3) is 0 Å². The largest absolute Gasteiger partial charge is 0.313 e. The van der Waals surface area contributed by atoms with Crippen LogP contribution in [0.1, 0.15) is 17.2 Å². The average Bonchev–Trinajstić information content (AvgIpc) is 2.41. The lowest BCUT2D eigenvalue weighted by atomic mass is 9.99. The second kappa shape index (κ2) is 6.51. The minimum Gasteiger partial charge on any atom is -0.313 e. The highest BCUT2D eigenvalue weighted by Crippen LogP contribution is 2.23. The Bertz CT molecular complexity index is 557. The van der Waals surface area contributed by atoms with E-state index in [-0.39, 0.29) is 11.9 Å². The van der Waals surface area contributed by atoms with Crippen LogP contribution in [0.5, 0.6) is 0 Å². The Morgan fingerprint density at radius 3 is 2.53 bits per heavy atom. The van der Waals surface area contributed by atoms with Crippen molar-refractivity contribution >= 4 is 27.5 Å². The Hall–Kier alpha value is -0.900. The summed E-state index contributed by atoms with van der Waals surface area (Å²) in [5.41, 5.74) is 1.74. The molecule has 0 bridgehead atoms. The summed E-state index contributed by atoms with van der Waals surface area (Å²) < 4.78 is 14.8. The molecule has 0 aliphatic rings. The van der Waals surface area contributed by atoms with Crippen molar-refractivity contribution in [2.45, 2.75) is 12.5 Å². The molecule has 0 spiro atoms. The topological polar surface area (TPSA) is 12.0 Å². The van der Waals surface area contributed by atoms with Crippen LogP contribution in [-0.2, 0) is 6.42 Å². The van der Waals surface area contributed by atoms with Gasteiger partial charge in [0.05, 0.1) is 0 Å². The molecule has 19 heavy (non-hydrogen) atoms. The van der Waals surface area contributed by atoms with Crippen LogP contribution in [0.15, 0.2) is 46.9 Å². The third kappa shape index (κ3) is 3.78. The second-order valence-electron chi connectivity index (χ2n) is 4.33. The zero-order valence-electron chi connectivity index (χ0n) is 10.5. The predicted octanol–water partition coefficient (Wildman–Crippen LogP) is 4.74. The molecule has 0 saturated heterocycles. The van der Waals surface area contributed by atoms with E-state index in [0.717, 1.165) is 10.0 Å². The Morgan fingerprint density at radius 1 is 1.21 bits per heavy atom. The molecule has 0 heterocycles. The minimum absolute atomic E-state index is 0.0565. The van der Waals surface area contributed by atoms with Crippen molar-refractivity contribution in [2.24, 2.45) is 0 Å². The van der Waals surface area contributed by atoms with Crippen LogP contribution in [0.4, 0.5) is 4.39 Å². The molecule has 1 N–H and O–H groups in total. The summed E-state index contributed by atoms with van der Waals surface area (Å²) in [5.74, 6) is -0.221. The van der Waals surface area contributed by atoms with E-state index in [9.17, 15) is 4.39 Å². The standard InChI is InChI=1S/C15H14BrClFN/c1-19-15(10-2-4-12(16)5-3-10)9-11-8-13(17)6-7-14(11)18/h2-8,15,19H,9H2,1H3. The fourth-order valence-electron chi connectivity index (χ4n) is 2.00. The molecule has 0 aliphatic carbocycles. The quantitative estimate of drug-likeness (QED) is 0.846. The fourth-order valence-corrected chi connectivity index (χ4v) is 2.46. The van der Waals surface area contributed by atoms with E-state index in [4.69, 9.17) is 11.6 Å². The Kier molecular flexibility index (Phi) is 4.97. The summed E-state index contributed by atoms with van der Waals surface area (Å²) in [7, 11) is 1.87. The third-order valence-corrected chi connectivity index (χ3v) is 3.82. The van der Waals surface area contributed by atoms with E-state index in [1.165, 1.54) is 6.07 Å². The lowest BCUT2D eigenvalue weighted by Crippen LogP contribution is -2.19. The van der Waals surface area contributed by atoms with Gasteiger partial charge in [-0.25, -0.2) is 4.39 Å². The van der Waals surface area contributed by atoms with Crippen molar-refractivity contribution in [1.82, 2.24) is 5.32 Å². The molecule has 1 atom stereocenters. The van der Waals surface area contributed by atoms with Gasteiger partial charge in [-0.2, -0.15) is 0 Å². The molecule has 100 valence electrons. The van der Waals surface area contributed by atoms with E-state index in [1.54, 1.807) is 12.1 Å². The molecule has 2 rings (SSSR count). The first-order chi connectivity index (χ1) is 9.10. The molecule has 0 radical (unpaired) electrons. The first kappa shape index (κ1) is 14.5. The van der Waals surface area contributed by atoms with Gasteiger partial charge in [0.25, 0.3) is 0 Å². The van der Waals surface area contributed by atoms with Crippen LogP contribution >= 0.6 is 27.5 Å². The second-order valence-corrected chi connectivity index (χ2v) is 5.68. The molecular formula is C15H14BrClFN. The Labute approximate surface area is 125 Å². The van der Waals surface area contributed by atoms with Crippen molar-refractivity contribution in [1.29, 1.82) is 0 Å². The van der Waals surface area contributed by atoms with E-state index in [2.05, 4.69) is 21.2 Å². The smallest absolute Gasteiger partial charge is 0.126 e. The van der Waals surface area contributed by atoms with Crippen molar-refractivity contribution in [3.63, 3.8) is 0 Å². The number of benzene rings is 2. The molecule has 1 nitrogen and oxygen atoms in total. The number of hydrogen-bond acceptors (Lipinski definition) is 1. The van der Waals surface area contributed by atoms with Gasteiger partial charge in [0.2, 0.25) is 0 Å². The highest BCUT2D eigenvalue weighted by Gasteiger charge is 2.13. The van der Waals surface area contributed by atoms with Gasteiger partial charge in [0.15, 0.2) is 0 Å². The first-order valence-corrected chi connectivity index (χ1v) is 7.14. The molecule has 2 aromatic carbocycles. The van der Waals surface area contributed by atoms with Gasteiger partial charge in [-0.3, -0.25) is 0 Å². The SMILES string of the molecule is CNC(Cc1cc(Cl)ccc1F)c1ccc(Br)cc1. The van der Waals surface area contributed by atoms with Crippen LogP contribution in [0.2, 0.25) is 5.02 Å². The van der Waals surface area contributed by atoms with Gasteiger partial charge >= 0.3 is 0 Å². The molecule has 0 amide bonds. The summed E-state index contributed by atoms with van der Waals surface area (Å²) in [6.45, 7) is 0. The summed E-state index contributed by atoms with van der Waals surface area (Å²) in [6, 6.07) is 12.7. The molecule has 1 unspecified atom stereocenters. The molecule has 0 fully saturated rings. The number of nitrogens with one attached hydrogen (secondary N) is 1. The van der Waals surface area contributed by atoms with Gasteiger partial charge in [0, 0.05) is 15.5 Å². The van der Waals surface area contributed by atoms with E-state index >= 15 is 0 Å². The summed E-state index contributed by atoms with van der Waals surface area (Å²) in [6.07, 6.45) is 0.560. The zero-order valence-corrected chi connectivity index (χ0v) is 12.8. The number of halogens is 3. The molecule has 0 aliphatic heterocycles. The van der Waals surface area contributed by atoms with E-state index in [1.807, 2.05) is 31.3 Å². The highest BCUT2D eigenvalue weighted by molar-refractivity contribution is 9.10. The van der Waals surface area contributed by atoms with Crippen molar-refractivity contribution in [2.75, 3.05) is 7.05 Å². The van der Waals surface area contributed by atoms with Gasteiger partial charge < -0.3 is 5.32 Å². The fraction of sp³-hybridized carbons (Fsp3) is 0.200. The summed E-state index contributed by atoms with van der Waals surface area (Å²) in [4.78, 5) is 0. The lowest BCUT2D eigenvalue weighted by molar-refractivity contribution is 0.554. The van der Waals surface area contributed by atoms with E-state index in [0.29, 0.717) is 17.0 Å². The lowest BCUT2D eigenvalue weighted by Gasteiger charge is -2.17. The monoisotopic (exact) mass is 341 g/mol. The maximum absolute atomic E-state index is 13.8. The normalized spacial score (nSPS) is 12.4. The number of likely N-dealkylation sites (N-methyl/N-ethyl adjacent to an activating group) is 1. The van der Waals surface area contributed by atoms with Crippen molar-refractivity contribution < 1.29 is 4.39 Å². The number of rotatable bonds is 4. The minimum atomic E-state index is -0.221. The summed E-state index contributed by atoms with van der Waals surface area (Å²) >= 11 is 9.32. The molecule has 0 saturated carbocycles. The summed E-state index contributed by atoms with van der Waals surface area (Å²) in [5, 5.41) is 3.77. The van der Waals surface area contributed by atoms with Crippen molar-refractivity contribution in [3.8, 4) is 0 Å². The zero-order chi connectivity index (χ0) is 13.8. The molecule has 2 aromatic rings. The Morgan fingerprint density at radius 2 is 1.89 bits per heavy atom. The molecule has 4 heteroatoms. The van der Waals surface area contributed by atoms with Crippen LogP contribution in [0.3, 0.4) is 0 Å². The van der Waals surface area contributed by atoms with Gasteiger partial charge in [-0.15, -0.1) is 0 Å². The van der Waals surface area contributed by atoms with Crippen LogP contribution < -0.4 is 5.32 Å². The van der Waals surface area contributed by atoms with Gasteiger partial charge in [0.1, 0.15) is 5.82 Å². The third-order valence-electron chi connectivity index (χ3n) is 3.05. The first-order valence-electron chi connectivity index (χ1n) is 5.97. The Balaban J connectivity index is 2.23. The van der Waals surface area contributed by atoms with E-state index < -0.39 is 0 Å². The maximum atomic E-state index is 13.8. The van der Waals surface area contributed by atoms with Crippen molar-refractivity contribution in [3.05, 3.63) is 68.9 Å². The van der Waals surface area contributed by atoms with Crippen LogP contribution in [-0.4, -0.2) is 7.05 Å². The predicted molar refractivity (Wildman–Crippen MR) is 81.1 cm³/mol. The van der Waals surface area contributed by atoms with Gasteiger partial charge in [-0.05, 0) is 54.9 Å².